The molecule has 1 N–H and O–H groups in total. The largest absolute Gasteiger partial charge is 0.487 e. The molecule has 0 fully saturated rings. The number of carboxylic acid groups (broad SMARTS) is 1. The van der Waals surface area contributed by atoms with Crippen molar-refractivity contribution in [1.82, 2.24) is 4.90 Å². The lowest BCUT2D eigenvalue weighted by molar-refractivity contribution is -0.137. The second kappa shape index (κ2) is 10.2. The second-order valence-electron chi connectivity index (χ2n) is 11.0. The summed E-state index contributed by atoms with van der Waals surface area (Å²) in [6.07, 6.45) is 1.06. The van der Waals surface area contributed by atoms with Crippen molar-refractivity contribution < 1.29 is 23.8 Å². The van der Waals surface area contributed by atoms with E-state index in [0.717, 1.165) is 22.3 Å². The zero-order valence-corrected chi connectivity index (χ0v) is 22.2. The molecule has 0 spiro atoms. The predicted molar refractivity (Wildman–Crippen MR) is 142 cm³/mol. The van der Waals surface area contributed by atoms with Gasteiger partial charge in [-0.25, -0.2) is 4.39 Å². The van der Waals surface area contributed by atoms with Crippen molar-refractivity contribution in [3.05, 3.63) is 99.3 Å². The van der Waals surface area contributed by atoms with Gasteiger partial charge in [0, 0.05) is 24.9 Å². The lowest BCUT2D eigenvalue weighted by Crippen LogP contribution is -2.35. The monoisotopic (exact) mass is 523 g/mol. The smallest absolute Gasteiger partial charge is 0.323 e. The summed E-state index contributed by atoms with van der Waals surface area (Å²) >= 11 is 5.94. The molecular weight excluding hydrogens is 493 g/mol. The van der Waals surface area contributed by atoms with Gasteiger partial charge in [-0.3, -0.25) is 9.59 Å². The first kappa shape index (κ1) is 26.7. The molecule has 4 rings (SSSR count). The van der Waals surface area contributed by atoms with Gasteiger partial charge in [-0.05, 0) is 64.9 Å². The third kappa shape index (κ3) is 6.31. The predicted octanol–water partition coefficient (Wildman–Crippen LogP) is 6.44. The summed E-state index contributed by atoms with van der Waals surface area (Å²) in [7, 11) is 0. The average molecular weight is 524 g/mol. The maximum absolute atomic E-state index is 13.6. The number of nitrogens with zero attached hydrogens (tertiary/aromatic N) is 1. The van der Waals surface area contributed by atoms with Gasteiger partial charge in [-0.15, -0.1) is 0 Å². The number of hydrogen-bond donors (Lipinski definition) is 1. The van der Waals surface area contributed by atoms with Crippen molar-refractivity contribution in [2.24, 2.45) is 0 Å². The molecule has 0 radical (unpaired) electrons. The first-order valence-electron chi connectivity index (χ1n) is 12.2. The summed E-state index contributed by atoms with van der Waals surface area (Å²) in [5.41, 5.74) is 3.56. The van der Waals surface area contributed by atoms with Crippen molar-refractivity contribution in [1.29, 1.82) is 0 Å². The van der Waals surface area contributed by atoms with Crippen molar-refractivity contribution in [3.8, 4) is 5.75 Å². The van der Waals surface area contributed by atoms with E-state index in [4.69, 9.17) is 16.3 Å². The fraction of sp³-hybridized carbons (Fsp3) is 0.333. The zero-order valence-electron chi connectivity index (χ0n) is 21.5. The summed E-state index contributed by atoms with van der Waals surface area (Å²) in [5, 5.41) is 9.53. The van der Waals surface area contributed by atoms with Gasteiger partial charge < -0.3 is 14.7 Å². The average Bonchev–Trinajstić information content (AvgIpc) is 3.15. The molecule has 1 heterocycles. The number of rotatable bonds is 7. The molecule has 0 bridgehead atoms. The first-order valence-corrected chi connectivity index (χ1v) is 12.6. The zero-order chi connectivity index (χ0) is 27.0. The van der Waals surface area contributed by atoms with Gasteiger partial charge in [-0.1, -0.05) is 62.7 Å². The van der Waals surface area contributed by atoms with Crippen LogP contribution < -0.4 is 4.74 Å². The van der Waals surface area contributed by atoms with Crippen LogP contribution in [0.2, 0.25) is 5.02 Å². The van der Waals surface area contributed by atoms with Crippen LogP contribution in [0.15, 0.2) is 60.7 Å². The molecule has 37 heavy (non-hydrogen) atoms. The molecule has 0 aromatic heterocycles. The van der Waals surface area contributed by atoms with E-state index in [9.17, 15) is 19.1 Å². The van der Waals surface area contributed by atoms with Crippen molar-refractivity contribution >= 4 is 23.5 Å². The molecule has 1 unspecified atom stereocenters. The molecular formula is C30H31ClFNO4. The second-order valence-corrected chi connectivity index (χ2v) is 11.4. The Morgan fingerprint density at radius 1 is 1.05 bits per heavy atom. The van der Waals surface area contributed by atoms with E-state index >= 15 is 0 Å². The molecule has 0 saturated carbocycles. The van der Waals surface area contributed by atoms with Gasteiger partial charge in [0.25, 0.3) is 5.91 Å². The van der Waals surface area contributed by atoms with E-state index in [1.807, 2.05) is 31.2 Å². The topological polar surface area (TPSA) is 66.8 Å². The van der Waals surface area contributed by atoms with Crippen molar-refractivity contribution in [2.75, 3.05) is 6.54 Å². The van der Waals surface area contributed by atoms with Crippen LogP contribution in [0, 0.1) is 5.82 Å². The summed E-state index contributed by atoms with van der Waals surface area (Å²) < 4.78 is 19.8. The minimum atomic E-state index is -1.07. The normalized spacial score (nSPS) is 16.7. The number of benzene rings is 3. The number of amides is 1. The number of hydrogen-bond acceptors (Lipinski definition) is 3. The number of halogens is 2. The molecule has 3 aromatic carbocycles. The number of fused-ring (bicyclic) bond motifs is 1. The standard InChI is InChI=1S/C30H31ClFNO4/c1-29(2,3)23-9-5-19(6-10-23)17-33(18-27(34)35)28(36)21-8-12-26-22(14-21)16-30(4,37-26)15-20-7-11-25(32)24(31)13-20/h5-14H,15-18H2,1-4H3,(H,34,35). The molecule has 1 atom stereocenters. The molecule has 1 amide bonds. The SMILES string of the molecule is CC1(Cc2ccc(F)c(Cl)c2)Cc2cc(C(=O)N(CC(=O)O)Cc3ccc(C(C)(C)C)cc3)ccc2O1. The number of ether oxygens (including phenoxy) is 1. The highest BCUT2D eigenvalue weighted by Gasteiger charge is 2.36. The van der Waals surface area contributed by atoms with Gasteiger partial charge in [0.2, 0.25) is 0 Å². The number of aliphatic carboxylic acids is 1. The van der Waals surface area contributed by atoms with E-state index in [1.165, 1.54) is 11.0 Å². The Bertz CT molecular complexity index is 1330. The summed E-state index contributed by atoms with van der Waals surface area (Å²) in [5.74, 6) is -1.22. The van der Waals surface area contributed by atoms with E-state index < -0.39 is 23.9 Å². The quantitative estimate of drug-likeness (QED) is 0.387. The highest BCUT2D eigenvalue weighted by Crippen LogP contribution is 2.38. The fourth-order valence-corrected chi connectivity index (χ4v) is 4.91. The number of carbonyl (C=O) groups excluding carboxylic acids is 1. The maximum atomic E-state index is 13.6. The van der Waals surface area contributed by atoms with Gasteiger partial charge in [0.05, 0.1) is 5.02 Å². The lowest BCUT2D eigenvalue weighted by Gasteiger charge is -2.24. The van der Waals surface area contributed by atoms with Crippen LogP contribution in [0.25, 0.3) is 0 Å². The van der Waals surface area contributed by atoms with Crippen LogP contribution in [0.5, 0.6) is 5.75 Å². The minimum absolute atomic E-state index is 0.000943. The van der Waals surface area contributed by atoms with Gasteiger partial charge >= 0.3 is 5.97 Å². The third-order valence-corrected chi connectivity index (χ3v) is 6.89. The van der Waals surface area contributed by atoms with E-state index in [1.54, 1.807) is 30.3 Å². The molecule has 0 saturated heterocycles. The number of carbonyl (C=O) groups is 2. The van der Waals surface area contributed by atoms with Crippen LogP contribution in [0.4, 0.5) is 4.39 Å². The Kier molecular flexibility index (Phi) is 7.33. The van der Waals surface area contributed by atoms with Crippen LogP contribution in [-0.2, 0) is 29.6 Å². The van der Waals surface area contributed by atoms with Crippen molar-refractivity contribution in [2.45, 2.75) is 58.1 Å². The molecule has 7 heteroatoms. The molecule has 1 aliphatic heterocycles. The Hall–Kier alpha value is -3.38. The van der Waals surface area contributed by atoms with Crippen LogP contribution in [-0.4, -0.2) is 34.0 Å². The summed E-state index contributed by atoms with van der Waals surface area (Å²) in [6, 6.07) is 17.7. The Morgan fingerprint density at radius 2 is 1.73 bits per heavy atom. The molecule has 5 nitrogen and oxygen atoms in total. The van der Waals surface area contributed by atoms with Gasteiger partial charge in [-0.2, -0.15) is 0 Å². The molecule has 0 aliphatic carbocycles. The van der Waals surface area contributed by atoms with Crippen molar-refractivity contribution in [3.63, 3.8) is 0 Å². The fourth-order valence-electron chi connectivity index (χ4n) is 4.71. The van der Waals surface area contributed by atoms with Gasteiger partial charge in [0.1, 0.15) is 23.7 Å². The highest BCUT2D eigenvalue weighted by atomic mass is 35.5. The molecule has 194 valence electrons. The van der Waals surface area contributed by atoms with Crippen LogP contribution >= 0.6 is 11.6 Å². The van der Waals surface area contributed by atoms with Crippen LogP contribution in [0.3, 0.4) is 0 Å². The van der Waals surface area contributed by atoms with Gasteiger partial charge in [0.15, 0.2) is 0 Å². The lowest BCUT2D eigenvalue weighted by atomic mass is 9.87. The number of carboxylic acids is 1. The highest BCUT2D eigenvalue weighted by molar-refractivity contribution is 6.30. The molecule has 1 aliphatic rings. The first-order chi connectivity index (χ1) is 17.3. The Labute approximate surface area is 221 Å². The molecule has 3 aromatic rings. The van der Waals surface area contributed by atoms with E-state index in [-0.39, 0.29) is 22.9 Å². The van der Waals surface area contributed by atoms with Crippen LogP contribution in [0.1, 0.15) is 60.3 Å². The Morgan fingerprint density at radius 3 is 2.35 bits per heavy atom. The third-order valence-electron chi connectivity index (χ3n) is 6.60. The Balaban J connectivity index is 1.51. The maximum Gasteiger partial charge on any atom is 0.323 e. The van der Waals surface area contributed by atoms with E-state index in [0.29, 0.717) is 24.2 Å². The minimum Gasteiger partial charge on any atom is -0.487 e. The summed E-state index contributed by atoms with van der Waals surface area (Å²) in [4.78, 5) is 26.3. The summed E-state index contributed by atoms with van der Waals surface area (Å²) in [6.45, 7) is 8.12. The van der Waals surface area contributed by atoms with E-state index in [2.05, 4.69) is 20.8 Å².